The Morgan fingerprint density at radius 3 is 3.00 bits per heavy atom. The van der Waals surface area contributed by atoms with Crippen LogP contribution >= 0.6 is 11.3 Å². The molecule has 0 atom stereocenters. The predicted octanol–water partition coefficient (Wildman–Crippen LogP) is 1.54. The van der Waals surface area contributed by atoms with E-state index in [0.29, 0.717) is 5.13 Å². The number of carboxylic acid groups (broad SMARTS) is 1. The molecule has 0 aromatic carbocycles. The average Bonchev–Trinajstić information content (AvgIpc) is 2.13. The van der Waals surface area contributed by atoms with Crippen LogP contribution in [0.3, 0.4) is 0 Å². The number of rotatable bonds is 1. The third kappa shape index (κ3) is 1.70. The maximum absolute atomic E-state index is 10.0. The fraction of sp³-hybridized carbons (Fsp3) is 0.200. The van der Waals surface area contributed by atoms with Crippen LogP contribution in [0.1, 0.15) is 5.69 Å². The van der Waals surface area contributed by atoms with Gasteiger partial charge in [0.1, 0.15) is 0 Å². The SMILES string of the molecule is Cc1csc(NC(=O)O)n1. The summed E-state index contributed by atoms with van der Waals surface area (Å²) in [6.07, 6.45) is -1.07. The van der Waals surface area contributed by atoms with E-state index in [9.17, 15) is 4.79 Å². The van der Waals surface area contributed by atoms with Crippen molar-refractivity contribution in [2.45, 2.75) is 6.92 Å². The van der Waals surface area contributed by atoms with Gasteiger partial charge >= 0.3 is 6.09 Å². The van der Waals surface area contributed by atoms with Crippen LogP contribution in [0, 0.1) is 6.92 Å². The molecule has 0 unspecified atom stereocenters. The summed E-state index contributed by atoms with van der Waals surface area (Å²) in [4.78, 5) is 13.9. The predicted molar refractivity (Wildman–Crippen MR) is 38.5 cm³/mol. The highest BCUT2D eigenvalue weighted by Crippen LogP contribution is 2.13. The van der Waals surface area contributed by atoms with E-state index in [4.69, 9.17) is 5.11 Å². The number of aryl methyl sites for hydroxylation is 1. The molecule has 1 aromatic heterocycles. The molecule has 54 valence electrons. The van der Waals surface area contributed by atoms with Crippen molar-refractivity contribution in [3.05, 3.63) is 11.1 Å². The Hall–Kier alpha value is -1.10. The molecule has 0 saturated carbocycles. The Balaban J connectivity index is 2.67. The van der Waals surface area contributed by atoms with Crippen molar-refractivity contribution in [3.8, 4) is 0 Å². The molecule has 1 aromatic rings. The number of hydrogen-bond acceptors (Lipinski definition) is 3. The van der Waals surface area contributed by atoms with Gasteiger partial charge in [-0.1, -0.05) is 0 Å². The summed E-state index contributed by atoms with van der Waals surface area (Å²) in [7, 11) is 0. The number of anilines is 1. The molecular formula is C5H6N2O2S. The van der Waals surface area contributed by atoms with Gasteiger partial charge in [-0.15, -0.1) is 11.3 Å². The zero-order chi connectivity index (χ0) is 7.56. The number of nitrogens with zero attached hydrogens (tertiary/aromatic N) is 1. The number of hydrogen-bond donors (Lipinski definition) is 2. The Labute approximate surface area is 61.5 Å². The first-order valence-corrected chi connectivity index (χ1v) is 3.48. The van der Waals surface area contributed by atoms with Crippen molar-refractivity contribution in [1.29, 1.82) is 0 Å². The van der Waals surface area contributed by atoms with E-state index in [-0.39, 0.29) is 0 Å². The third-order valence-electron chi connectivity index (χ3n) is 0.833. The lowest BCUT2D eigenvalue weighted by Gasteiger charge is -1.89. The van der Waals surface area contributed by atoms with E-state index in [0.717, 1.165) is 5.69 Å². The van der Waals surface area contributed by atoms with Crippen molar-refractivity contribution >= 4 is 22.6 Å². The Morgan fingerprint density at radius 1 is 1.90 bits per heavy atom. The molecule has 0 spiro atoms. The van der Waals surface area contributed by atoms with Crippen molar-refractivity contribution < 1.29 is 9.90 Å². The normalized spacial score (nSPS) is 9.30. The second kappa shape index (κ2) is 2.66. The summed E-state index contributed by atoms with van der Waals surface area (Å²) in [6, 6.07) is 0. The van der Waals surface area contributed by atoms with Crippen LogP contribution in [0.2, 0.25) is 0 Å². The lowest BCUT2D eigenvalue weighted by atomic mass is 10.6. The minimum atomic E-state index is -1.07. The minimum absolute atomic E-state index is 0.421. The molecule has 1 heterocycles. The number of thiazole rings is 1. The molecule has 10 heavy (non-hydrogen) atoms. The summed E-state index contributed by atoms with van der Waals surface area (Å²) in [5.74, 6) is 0. The van der Waals surface area contributed by atoms with E-state index >= 15 is 0 Å². The fourth-order valence-corrected chi connectivity index (χ4v) is 1.18. The van der Waals surface area contributed by atoms with Gasteiger partial charge in [-0.05, 0) is 6.92 Å². The largest absolute Gasteiger partial charge is 0.465 e. The van der Waals surface area contributed by atoms with Gasteiger partial charge in [-0.3, -0.25) is 5.32 Å². The van der Waals surface area contributed by atoms with Crippen molar-refractivity contribution in [1.82, 2.24) is 4.98 Å². The van der Waals surface area contributed by atoms with Crippen LogP contribution in [0.4, 0.5) is 9.93 Å². The zero-order valence-corrected chi connectivity index (χ0v) is 6.10. The number of nitrogens with one attached hydrogen (secondary N) is 1. The quantitative estimate of drug-likeness (QED) is 0.651. The molecule has 2 N–H and O–H groups in total. The van der Waals surface area contributed by atoms with E-state index < -0.39 is 6.09 Å². The van der Waals surface area contributed by atoms with Gasteiger partial charge in [0.25, 0.3) is 0 Å². The molecule has 0 aliphatic heterocycles. The van der Waals surface area contributed by atoms with Gasteiger partial charge in [-0.25, -0.2) is 9.78 Å². The molecular weight excluding hydrogens is 152 g/mol. The van der Waals surface area contributed by atoms with Gasteiger partial charge < -0.3 is 5.11 Å². The lowest BCUT2D eigenvalue weighted by molar-refractivity contribution is 0.209. The van der Waals surface area contributed by atoms with Crippen LogP contribution < -0.4 is 5.32 Å². The fourth-order valence-electron chi connectivity index (χ4n) is 0.503. The maximum atomic E-state index is 10.0. The number of amides is 1. The molecule has 0 bridgehead atoms. The molecule has 0 aliphatic carbocycles. The van der Waals surface area contributed by atoms with Gasteiger partial charge in [0, 0.05) is 5.38 Å². The smallest absolute Gasteiger partial charge is 0.410 e. The number of carbonyl (C=O) groups is 1. The van der Waals surface area contributed by atoms with E-state index in [1.807, 2.05) is 6.92 Å². The Morgan fingerprint density at radius 2 is 2.60 bits per heavy atom. The zero-order valence-electron chi connectivity index (χ0n) is 5.29. The van der Waals surface area contributed by atoms with Gasteiger partial charge in [-0.2, -0.15) is 0 Å². The van der Waals surface area contributed by atoms with Crippen LogP contribution in [0.5, 0.6) is 0 Å². The Kier molecular flexibility index (Phi) is 1.86. The van der Waals surface area contributed by atoms with Crippen LogP contribution in [-0.4, -0.2) is 16.2 Å². The molecule has 0 saturated heterocycles. The minimum Gasteiger partial charge on any atom is -0.465 e. The standard InChI is InChI=1S/C5H6N2O2S/c1-3-2-10-4(6-3)7-5(8)9/h2H,1H3,(H,6,7)(H,8,9). The second-order valence-electron chi connectivity index (χ2n) is 1.72. The summed E-state index contributed by atoms with van der Waals surface area (Å²) in [5, 5.41) is 12.6. The number of aromatic nitrogens is 1. The molecule has 5 heteroatoms. The lowest BCUT2D eigenvalue weighted by Crippen LogP contribution is -2.06. The molecule has 0 radical (unpaired) electrons. The molecule has 1 rings (SSSR count). The average molecular weight is 158 g/mol. The van der Waals surface area contributed by atoms with Crippen LogP contribution in [0.15, 0.2) is 5.38 Å². The maximum Gasteiger partial charge on any atom is 0.410 e. The first kappa shape index (κ1) is 7.01. The first-order chi connectivity index (χ1) is 4.68. The van der Waals surface area contributed by atoms with Crippen LogP contribution in [-0.2, 0) is 0 Å². The Bertz CT molecular complexity index is 246. The molecule has 4 nitrogen and oxygen atoms in total. The monoisotopic (exact) mass is 158 g/mol. The van der Waals surface area contributed by atoms with Gasteiger partial charge in [0.05, 0.1) is 5.69 Å². The molecule has 1 amide bonds. The van der Waals surface area contributed by atoms with Crippen molar-refractivity contribution in [3.63, 3.8) is 0 Å². The highest BCUT2D eigenvalue weighted by atomic mass is 32.1. The first-order valence-electron chi connectivity index (χ1n) is 2.60. The van der Waals surface area contributed by atoms with Gasteiger partial charge in [0.2, 0.25) is 0 Å². The topological polar surface area (TPSA) is 62.2 Å². The molecule has 0 aliphatic rings. The van der Waals surface area contributed by atoms with E-state index in [2.05, 4.69) is 10.3 Å². The van der Waals surface area contributed by atoms with E-state index in [1.165, 1.54) is 11.3 Å². The van der Waals surface area contributed by atoms with Crippen molar-refractivity contribution in [2.24, 2.45) is 0 Å². The molecule has 0 fully saturated rings. The highest BCUT2D eigenvalue weighted by molar-refractivity contribution is 7.13. The van der Waals surface area contributed by atoms with Crippen molar-refractivity contribution in [2.75, 3.05) is 5.32 Å². The van der Waals surface area contributed by atoms with E-state index in [1.54, 1.807) is 5.38 Å². The summed E-state index contributed by atoms with van der Waals surface area (Å²) < 4.78 is 0. The summed E-state index contributed by atoms with van der Waals surface area (Å²) >= 11 is 1.27. The highest BCUT2D eigenvalue weighted by Gasteiger charge is 2.00. The van der Waals surface area contributed by atoms with Crippen LogP contribution in [0.25, 0.3) is 0 Å². The third-order valence-corrected chi connectivity index (χ3v) is 1.71. The second-order valence-corrected chi connectivity index (χ2v) is 2.58. The summed E-state index contributed by atoms with van der Waals surface area (Å²) in [5.41, 5.74) is 0.828. The van der Waals surface area contributed by atoms with Gasteiger partial charge in [0.15, 0.2) is 5.13 Å². The summed E-state index contributed by atoms with van der Waals surface area (Å²) in [6.45, 7) is 1.81.